The maximum atomic E-state index is 12.9. The third-order valence-electron chi connectivity index (χ3n) is 8.01. The van der Waals surface area contributed by atoms with E-state index in [9.17, 15) is 4.79 Å². The Balaban J connectivity index is 0.000000964. The van der Waals surface area contributed by atoms with Crippen LogP contribution in [0.5, 0.6) is 0 Å². The maximum absolute atomic E-state index is 12.9. The van der Waals surface area contributed by atoms with Crippen LogP contribution < -0.4 is 5.32 Å². The first-order chi connectivity index (χ1) is 22.7. The monoisotopic (exact) mass is 649 g/mol. The molecule has 47 heavy (non-hydrogen) atoms. The molecule has 1 aliphatic heterocycles. The number of carbonyl (C=O) groups is 1. The Hall–Kier alpha value is -3.07. The molecule has 0 bridgehead atoms. The third kappa shape index (κ3) is 18.8. The average molecular weight is 650 g/mol. The second-order valence-electron chi connectivity index (χ2n) is 11.8. The van der Waals surface area contributed by atoms with Crippen molar-refractivity contribution in [3.05, 3.63) is 101 Å². The van der Waals surface area contributed by atoms with Crippen LogP contribution in [0.15, 0.2) is 90.2 Å². The minimum Gasteiger partial charge on any atom is -0.499 e. The maximum Gasteiger partial charge on any atom is 0.172 e. The Morgan fingerprint density at radius 1 is 1.04 bits per heavy atom. The van der Waals surface area contributed by atoms with E-state index in [4.69, 9.17) is 14.2 Å². The molecule has 1 saturated heterocycles. The molecule has 0 aliphatic carbocycles. The van der Waals surface area contributed by atoms with Gasteiger partial charge in [-0.1, -0.05) is 98.8 Å². The molecule has 1 heterocycles. The highest BCUT2D eigenvalue weighted by molar-refractivity contribution is 5.96. The van der Waals surface area contributed by atoms with Gasteiger partial charge in [0.1, 0.15) is 11.9 Å². The molecule has 0 saturated carbocycles. The van der Waals surface area contributed by atoms with Gasteiger partial charge in [-0.2, -0.15) is 0 Å². The van der Waals surface area contributed by atoms with Gasteiger partial charge in [-0.3, -0.25) is 9.69 Å². The lowest BCUT2D eigenvalue weighted by Crippen LogP contribution is -2.46. The van der Waals surface area contributed by atoms with Crippen LogP contribution in [-0.2, 0) is 25.5 Å². The van der Waals surface area contributed by atoms with Crippen molar-refractivity contribution in [2.24, 2.45) is 0 Å². The number of carbonyl (C=O) groups excluding carboxylic acids is 1. The topological polar surface area (TPSA) is 63.3 Å². The Bertz CT molecular complexity index is 1170. The number of hydrogen-bond acceptors (Lipinski definition) is 7. The SMILES string of the molecule is C=C(OC)C(C)OC.CC.COC/C=C(\C)C(=O)CN(CCCN1CCCC(NCc2ccccc2)C1)C/C(C)=C/c1ccccc1. The van der Waals surface area contributed by atoms with Crippen molar-refractivity contribution in [3.63, 3.8) is 0 Å². The lowest BCUT2D eigenvalue weighted by Gasteiger charge is -2.34. The molecule has 1 fully saturated rings. The van der Waals surface area contributed by atoms with Gasteiger partial charge >= 0.3 is 0 Å². The molecular weight excluding hydrogens is 586 g/mol. The molecule has 2 aromatic rings. The second kappa shape index (κ2) is 26.0. The summed E-state index contributed by atoms with van der Waals surface area (Å²) in [6.45, 7) is 20.4. The van der Waals surface area contributed by atoms with Crippen molar-refractivity contribution >= 4 is 11.9 Å². The van der Waals surface area contributed by atoms with E-state index in [-0.39, 0.29) is 11.9 Å². The largest absolute Gasteiger partial charge is 0.499 e. The molecule has 3 rings (SSSR count). The van der Waals surface area contributed by atoms with Gasteiger partial charge in [0.2, 0.25) is 0 Å². The number of Topliss-reactive ketones (excluding diaryl/α,β-unsaturated/α-hetero) is 1. The Labute approximate surface area is 286 Å². The number of hydrogen-bond donors (Lipinski definition) is 1. The molecule has 262 valence electrons. The number of benzene rings is 2. The van der Waals surface area contributed by atoms with E-state index in [0.29, 0.717) is 25.0 Å². The zero-order chi connectivity index (χ0) is 34.9. The van der Waals surface area contributed by atoms with E-state index in [2.05, 4.69) is 89.3 Å². The number of methoxy groups -OCH3 is 3. The first-order valence-electron chi connectivity index (χ1n) is 17.1. The predicted octanol–water partition coefficient (Wildman–Crippen LogP) is 7.41. The third-order valence-corrected chi connectivity index (χ3v) is 8.01. The molecule has 0 spiro atoms. The van der Waals surface area contributed by atoms with Crippen LogP contribution >= 0.6 is 0 Å². The van der Waals surface area contributed by atoms with Crippen molar-refractivity contribution in [2.75, 3.05) is 67.2 Å². The molecule has 1 N–H and O–H groups in total. The fraction of sp³-hybridized carbons (Fsp3) is 0.525. The van der Waals surface area contributed by atoms with Crippen LogP contribution in [-0.4, -0.2) is 94.9 Å². The normalized spacial score (nSPS) is 16.0. The number of nitrogens with zero attached hydrogens (tertiary/aromatic N) is 2. The van der Waals surface area contributed by atoms with Crippen molar-refractivity contribution in [2.45, 2.75) is 72.6 Å². The number of rotatable bonds is 18. The van der Waals surface area contributed by atoms with Gasteiger partial charge in [-0.05, 0) is 69.8 Å². The summed E-state index contributed by atoms with van der Waals surface area (Å²) in [7, 11) is 4.85. The van der Waals surface area contributed by atoms with Gasteiger partial charge in [-0.25, -0.2) is 0 Å². The summed E-state index contributed by atoms with van der Waals surface area (Å²) in [5.41, 5.74) is 4.58. The van der Waals surface area contributed by atoms with E-state index in [0.717, 1.165) is 51.3 Å². The summed E-state index contributed by atoms with van der Waals surface area (Å²) >= 11 is 0. The van der Waals surface area contributed by atoms with E-state index >= 15 is 0 Å². The molecule has 2 atom stereocenters. The zero-order valence-electron chi connectivity index (χ0n) is 30.6. The van der Waals surface area contributed by atoms with E-state index in [1.807, 2.05) is 39.8 Å². The zero-order valence-corrected chi connectivity index (χ0v) is 30.6. The van der Waals surface area contributed by atoms with Gasteiger partial charge in [0.25, 0.3) is 0 Å². The van der Waals surface area contributed by atoms with Crippen LogP contribution in [0.25, 0.3) is 6.08 Å². The molecule has 7 heteroatoms. The summed E-state index contributed by atoms with van der Waals surface area (Å²) in [6, 6.07) is 21.6. The minimum absolute atomic E-state index is 0.000000000000000444. The number of ether oxygens (including phenoxy) is 3. The van der Waals surface area contributed by atoms with E-state index in [1.54, 1.807) is 21.3 Å². The van der Waals surface area contributed by atoms with Gasteiger partial charge in [0, 0.05) is 46.4 Å². The quantitative estimate of drug-likeness (QED) is 0.133. The second-order valence-corrected chi connectivity index (χ2v) is 11.8. The first kappa shape index (κ1) is 42.0. The number of likely N-dealkylation sites (tertiary alicyclic amines) is 1. The number of nitrogens with one attached hydrogen (secondary N) is 1. The minimum atomic E-state index is -0.000000000000000444. The molecule has 0 radical (unpaired) electrons. The van der Waals surface area contributed by atoms with Crippen LogP contribution in [0.1, 0.15) is 65.0 Å². The van der Waals surface area contributed by atoms with Crippen LogP contribution in [0.4, 0.5) is 0 Å². The smallest absolute Gasteiger partial charge is 0.172 e. The molecule has 1 aliphatic rings. The Morgan fingerprint density at radius 2 is 1.70 bits per heavy atom. The molecule has 7 nitrogen and oxygen atoms in total. The summed E-state index contributed by atoms with van der Waals surface area (Å²) < 4.78 is 14.8. The standard InChI is InChI=1S/C32H45N3O2.C6H12O2.C2H6/c1-27(22-29-12-6-4-7-13-29)24-35(26-32(36)28(2)17-21-37-3)20-11-19-34-18-10-16-31(25-34)33-23-30-14-8-5-9-15-30;1-5(7-3)6(2)8-4;1-2/h4-9,12-15,17,22,31,33H,10-11,16,18-21,23-26H2,1-3H3;6H,1H2,2-4H3;1-2H3/b27-22+,28-17+;;. The van der Waals surface area contributed by atoms with Gasteiger partial charge in [0.15, 0.2) is 5.78 Å². The fourth-order valence-electron chi connectivity index (χ4n) is 5.19. The van der Waals surface area contributed by atoms with Crippen LogP contribution in [0, 0.1) is 0 Å². The highest BCUT2D eigenvalue weighted by Crippen LogP contribution is 2.13. The van der Waals surface area contributed by atoms with Crippen LogP contribution in [0.2, 0.25) is 0 Å². The summed E-state index contributed by atoms with van der Waals surface area (Å²) in [4.78, 5) is 17.8. The molecule has 0 aromatic heterocycles. The highest BCUT2D eigenvalue weighted by Gasteiger charge is 2.20. The lowest BCUT2D eigenvalue weighted by molar-refractivity contribution is -0.116. The van der Waals surface area contributed by atoms with Gasteiger partial charge in [-0.15, -0.1) is 0 Å². The van der Waals surface area contributed by atoms with E-state index < -0.39 is 0 Å². The first-order valence-corrected chi connectivity index (χ1v) is 17.1. The lowest BCUT2D eigenvalue weighted by atomic mass is 10.0. The van der Waals surface area contributed by atoms with Crippen molar-refractivity contribution < 1.29 is 19.0 Å². The highest BCUT2D eigenvalue weighted by atomic mass is 16.5. The van der Waals surface area contributed by atoms with Gasteiger partial charge in [0.05, 0.1) is 20.3 Å². The summed E-state index contributed by atoms with van der Waals surface area (Å²) in [5, 5.41) is 3.75. The molecule has 0 amide bonds. The average Bonchev–Trinajstić information content (AvgIpc) is 3.11. The number of ketones is 1. The molecular formula is C40H63N3O4. The van der Waals surface area contributed by atoms with Crippen molar-refractivity contribution in [3.8, 4) is 0 Å². The van der Waals surface area contributed by atoms with Gasteiger partial charge < -0.3 is 24.4 Å². The summed E-state index contributed by atoms with van der Waals surface area (Å²) in [6.07, 6.45) is 7.62. The molecule has 2 aromatic carbocycles. The Morgan fingerprint density at radius 3 is 2.30 bits per heavy atom. The number of piperidine rings is 1. The van der Waals surface area contributed by atoms with E-state index in [1.165, 1.54) is 29.5 Å². The van der Waals surface area contributed by atoms with Crippen molar-refractivity contribution in [1.82, 2.24) is 15.1 Å². The Kier molecular flexibility index (Phi) is 23.2. The fourth-order valence-corrected chi connectivity index (χ4v) is 5.19. The summed E-state index contributed by atoms with van der Waals surface area (Å²) in [5.74, 6) is 0.834. The predicted molar refractivity (Wildman–Crippen MR) is 199 cm³/mol. The molecule has 2 unspecified atom stereocenters. The van der Waals surface area contributed by atoms with Crippen LogP contribution in [0.3, 0.4) is 0 Å². The van der Waals surface area contributed by atoms with Crippen molar-refractivity contribution in [1.29, 1.82) is 0 Å².